The Bertz CT molecular complexity index is 1250. The average molecular weight is 562 g/mol. The van der Waals surface area contributed by atoms with Gasteiger partial charge in [0.15, 0.2) is 5.11 Å². The molecule has 0 saturated carbocycles. The summed E-state index contributed by atoms with van der Waals surface area (Å²) in [6, 6.07) is 16.8. The molecular formula is C23H17ClIN3O2S. The lowest BCUT2D eigenvalue weighted by Crippen LogP contribution is -2.54. The van der Waals surface area contributed by atoms with Gasteiger partial charge in [-0.2, -0.15) is 0 Å². The van der Waals surface area contributed by atoms with Crippen LogP contribution in [-0.2, 0) is 9.59 Å². The third kappa shape index (κ3) is 4.17. The Kier molecular flexibility index (Phi) is 6.00. The molecule has 3 aromatic rings. The van der Waals surface area contributed by atoms with E-state index < -0.39 is 11.8 Å². The van der Waals surface area contributed by atoms with Crippen LogP contribution < -0.4 is 10.2 Å². The second-order valence-corrected chi connectivity index (χ2v) is 9.14. The average Bonchev–Trinajstić information content (AvgIpc) is 3.00. The lowest BCUT2D eigenvalue weighted by atomic mass is 10.1. The molecule has 5 nitrogen and oxygen atoms in total. The quantitative estimate of drug-likeness (QED) is 0.207. The monoisotopic (exact) mass is 561 g/mol. The molecule has 2 heterocycles. The second-order valence-electron chi connectivity index (χ2n) is 7.07. The van der Waals surface area contributed by atoms with Crippen LogP contribution in [0.15, 0.2) is 60.2 Å². The fourth-order valence-electron chi connectivity index (χ4n) is 3.56. The molecule has 0 bridgehead atoms. The van der Waals surface area contributed by atoms with E-state index in [2.05, 4.69) is 32.5 Å². The van der Waals surface area contributed by atoms with E-state index in [4.69, 9.17) is 23.8 Å². The lowest BCUT2D eigenvalue weighted by molar-refractivity contribution is -0.122. The van der Waals surface area contributed by atoms with Crippen molar-refractivity contribution in [3.8, 4) is 5.69 Å². The van der Waals surface area contributed by atoms with Crippen LogP contribution in [-0.4, -0.2) is 21.5 Å². The molecule has 1 aliphatic rings. The number of carbonyl (C=O) groups excluding carboxylic acids is 2. The van der Waals surface area contributed by atoms with E-state index >= 15 is 0 Å². The molecule has 1 N–H and O–H groups in total. The molecule has 0 aliphatic carbocycles. The van der Waals surface area contributed by atoms with Crippen LogP contribution in [0, 0.1) is 17.4 Å². The van der Waals surface area contributed by atoms with Crippen molar-refractivity contribution in [2.24, 2.45) is 0 Å². The van der Waals surface area contributed by atoms with Gasteiger partial charge in [-0.15, -0.1) is 0 Å². The highest BCUT2D eigenvalue weighted by Gasteiger charge is 2.34. The van der Waals surface area contributed by atoms with Crippen LogP contribution in [0.1, 0.15) is 17.0 Å². The normalized spacial score (nSPS) is 15.5. The van der Waals surface area contributed by atoms with Gasteiger partial charge in [0, 0.05) is 25.7 Å². The number of anilines is 1. The first-order chi connectivity index (χ1) is 14.8. The van der Waals surface area contributed by atoms with Crippen molar-refractivity contribution in [3.63, 3.8) is 0 Å². The summed E-state index contributed by atoms with van der Waals surface area (Å²) in [6.45, 7) is 3.95. The largest absolute Gasteiger partial charge is 0.318 e. The number of benzene rings is 2. The molecule has 8 heteroatoms. The summed E-state index contributed by atoms with van der Waals surface area (Å²) in [4.78, 5) is 27.1. The summed E-state index contributed by atoms with van der Waals surface area (Å²) in [5.41, 5.74) is 4.29. The Morgan fingerprint density at radius 3 is 2.26 bits per heavy atom. The predicted octanol–water partition coefficient (Wildman–Crippen LogP) is 5.18. The fraction of sp³-hybridized carbons (Fsp3) is 0.0870. The van der Waals surface area contributed by atoms with E-state index in [0.717, 1.165) is 26.2 Å². The molecule has 2 amide bonds. The van der Waals surface area contributed by atoms with E-state index in [1.54, 1.807) is 30.3 Å². The third-order valence-corrected chi connectivity index (χ3v) is 6.30. The van der Waals surface area contributed by atoms with Crippen molar-refractivity contribution in [2.75, 3.05) is 4.90 Å². The van der Waals surface area contributed by atoms with E-state index in [1.165, 1.54) is 4.90 Å². The zero-order valence-corrected chi connectivity index (χ0v) is 20.4. The number of carbonyl (C=O) groups is 2. The van der Waals surface area contributed by atoms with E-state index in [-0.39, 0.29) is 10.7 Å². The van der Waals surface area contributed by atoms with Gasteiger partial charge in [0.25, 0.3) is 11.8 Å². The van der Waals surface area contributed by atoms with Gasteiger partial charge in [0.1, 0.15) is 5.57 Å². The first kappa shape index (κ1) is 21.7. The van der Waals surface area contributed by atoms with Crippen molar-refractivity contribution in [3.05, 3.63) is 85.7 Å². The van der Waals surface area contributed by atoms with Gasteiger partial charge in [0.05, 0.1) is 5.69 Å². The molecule has 0 atom stereocenters. The summed E-state index contributed by atoms with van der Waals surface area (Å²) in [5, 5.41) is 3.19. The third-order valence-electron chi connectivity index (χ3n) is 5.04. The molecule has 2 aromatic carbocycles. The minimum absolute atomic E-state index is 0.0198. The molecule has 0 spiro atoms. The van der Waals surface area contributed by atoms with Gasteiger partial charge in [-0.05, 0) is 115 Å². The maximum absolute atomic E-state index is 13.2. The molecule has 0 unspecified atom stereocenters. The Hall–Kier alpha value is -2.49. The fourth-order valence-corrected chi connectivity index (χ4v) is 4.33. The number of hydrogen-bond donors (Lipinski definition) is 1. The highest BCUT2D eigenvalue weighted by molar-refractivity contribution is 14.1. The summed E-state index contributed by atoms with van der Waals surface area (Å²) in [7, 11) is 0. The molecular weight excluding hydrogens is 545 g/mol. The van der Waals surface area contributed by atoms with Gasteiger partial charge in [-0.3, -0.25) is 19.8 Å². The molecule has 1 fully saturated rings. The highest BCUT2D eigenvalue weighted by Crippen LogP contribution is 2.27. The zero-order valence-electron chi connectivity index (χ0n) is 16.6. The molecule has 0 radical (unpaired) electrons. The molecule has 31 heavy (non-hydrogen) atoms. The molecule has 1 aromatic heterocycles. The van der Waals surface area contributed by atoms with Crippen LogP contribution >= 0.6 is 46.4 Å². The van der Waals surface area contributed by atoms with Crippen molar-refractivity contribution in [2.45, 2.75) is 13.8 Å². The van der Waals surface area contributed by atoms with Crippen LogP contribution in [0.4, 0.5) is 5.69 Å². The standard InChI is InChI=1S/C23H17ClIN3O2S/c1-13-11-15(14(2)27(13)18-9-5-17(25)6-10-18)12-20-21(29)26-23(31)28(22(20)30)19-7-3-16(24)4-8-19/h3-12H,1-2H3,(H,26,29,31)/b20-12+. The Labute approximate surface area is 203 Å². The number of thiocarbonyl (C=S) groups is 1. The van der Waals surface area contributed by atoms with Gasteiger partial charge in [-0.1, -0.05) is 11.6 Å². The maximum Gasteiger partial charge on any atom is 0.270 e. The number of rotatable bonds is 3. The summed E-state index contributed by atoms with van der Waals surface area (Å²) in [5.74, 6) is -0.991. The second kappa shape index (κ2) is 8.57. The van der Waals surface area contributed by atoms with Gasteiger partial charge in [0.2, 0.25) is 0 Å². The molecule has 4 rings (SSSR count). The number of halogens is 2. The Morgan fingerprint density at radius 1 is 1.00 bits per heavy atom. The summed E-state index contributed by atoms with van der Waals surface area (Å²) < 4.78 is 3.24. The number of nitrogens with one attached hydrogen (secondary N) is 1. The predicted molar refractivity (Wildman–Crippen MR) is 136 cm³/mol. The first-order valence-corrected chi connectivity index (χ1v) is 11.2. The van der Waals surface area contributed by atoms with Crippen LogP contribution in [0.3, 0.4) is 0 Å². The van der Waals surface area contributed by atoms with Crippen LogP contribution in [0.5, 0.6) is 0 Å². The maximum atomic E-state index is 13.2. The zero-order chi connectivity index (χ0) is 22.3. The van der Waals surface area contributed by atoms with Gasteiger partial charge in [-0.25, -0.2) is 0 Å². The molecule has 1 aliphatic heterocycles. The molecule has 1 saturated heterocycles. The number of nitrogens with zero attached hydrogens (tertiary/aromatic N) is 2. The number of amides is 2. The summed E-state index contributed by atoms with van der Waals surface area (Å²) >= 11 is 13.5. The minimum Gasteiger partial charge on any atom is -0.318 e. The van der Waals surface area contributed by atoms with Crippen LogP contribution in [0.25, 0.3) is 11.8 Å². The topological polar surface area (TPSA) is 54.3 Å². The molecule has 156 valence electrons. The van der Waals surface area contributed by atoms with Crippen molar-refractivity contribution in [1.29, 1.82) is 0 Å². The number of aryl methyl sites for hydroxylation is 1. The van der Waals surface area contributed by atoms with Crippen LogP contribution in [0.2, 0.25) is 5.02 Å². The Balaban J connectivity index is 1.75. The number of aromatic nitrogens is 1. The van der Waals surface area contributed by atoms with Gasteiger partial charge < -0.3 is 4.57 Å². The minimum atomic E-state index is -0.515. The van der Waals surface area contributed by atoms with E-state index in [9.17, 15) is 9.59 Å². The number of hydrogen-bond acceptors (Lipinski definition) is 3. The highest BCUT2D eigenvalue weighted by atomic mass is 127. The lowest BCUT2D eigenvalue weighted by Gasteiger charge is -2.28. The SMILES string of the molecule is Cc1cc(/C=C2\C(=O)NC(=S)N(c3ccc(Cl)cc3)C2=O)c(C)n1-c1ccc(I)cc1. The van der Waals surface area contributed by atoms with Crippen molar-refractivity contribution in [1.82, 2.24) is 9.88 Å². The van der Waals surface area contributed by atoms with E-state index in [1.807, 2.05) is 44.2 Å². The van der Waals surface area contributed by atoms with Gasteiger partial charge >= 0.3 is 0 Å². The summed E-state index contributed by atoms with van der Waals surface area (Å²) in [6.07, 6.45) is 1.62. The first-order valence-electron chi connectivity index (χ1n) is 9.38. The van der Waals surface area contributed by atoms with Crippen molar-refractivity contribution < 1.29 is 9.59 Å². The smallest absolute Gasteiger partial charge is 0.270 e. The Morgan fingerprint density at radius 2 is 1.61 bits per heavy atom. The van der Waals surface area contributed by atoms with Crippen molar-refractivity contribution >= 4 is 75.1 Å². The van der Waals surface area contributed by atoms with E-state index in [0.29, 0.717) is 10.7 Å².